The van der Waals surface area contributed by atoms with Crippen LogP contribution in [0, 0.1) is 0 Å². The van der Waals surface area contributed by atoms with Crippen LogP contribution >= 0.6 is 39.3 Å². The van der Waals surface area contributed by atoms with Crippen molar-refractivity contribution in [1.82, 2.24) is 14.8 Å². The highest BCUT2D eigenvalue weighted by molar-refractivity contribution is 9.10. The Balaban J connectivity index is 1.53. The number of benzene rings is 2. The summed E-state index contributed by atoms with van der Waals surface area (Å²) in [6.45, 7) is 1.55. The van der Waals surface area contributed by atoms with Crippen LogP contribution in [0.2, 0.25) is 5.02 Å². The van der Waals surface area contributed by atoms with E-state index in [0.29, 0.717) is 6.42 Å². The molecule has 2 aromatic carbocycles. The quantitative estimate of drug-likeness (QED) is 0.413. The topological polar surface area (TPSA) is 66.0 Å². The van der Waals surface area contributed by atoms with Crippen LogP contribution in [0.5, 0.6) is 0 Å². The fourth-order valence-electron chi connectivity index (χ4n) is 3.59. The molecule has 8 heteroatoms. The fourth-order valence-corrected chi connectivity index (χ4v) is 5.06. The minimum absolute atomic E-state index is 0.188. The number of hydrogen-bond acceptors (Lipinski definition) is 5. The molecule has 5 nitrogen and oxygen atoms in total. The molecule has 158 valence electrons. The number of halogens is 2. The molecule has 0 bridgehead atoms. The minimum atomic E-state index is -0.250. The summed E-state index contributed by atoms with van der Waals surface area (Å²) < 4.78 is 9.11. The summed E-state index contributed by atoms with van der Waals surface area (Å²) in [5.74, 6) is 1.62. The summed E-state index contributed by atoms with van der Waals surface area (Å²) in [7, 11) is 0. The molecule has 30 heavy (non-hydrogen) atoms. The number of nitrogens with two attached hydrogens (primary N) is 1. The highest BCUT2D eigenvalue weighted by atomic mass is 79.9. The SMILES string of the molecule is NC(Cc1ccc(Cl)cc1)c1nnc(SCc2cccc(Br)c2)n1CC1CCCO1. The van der Waals surface area contributed by atoms with Crippen LogP contribution in [0.25, 0.3) is 0 Å². The molecule has 1 aliphatic rings. The maximum Gasteiger partial charge on any atom is 0.191 e. The van der Waals surface area contributed by atoms with Gasteiger partial charge in [0, 0.05) is 21.9 Å². The van der Waals surface area contributed by atoms with Gasteiger partial charge in [0.2, 0.25) is 0 Å². The molecule has 0 radical (unpaired) electrons. The molecule has 1 aromatic heterocycles. The molecule has 2 unspecified atom stereocenters. The van der Waals surface area contributed by atoms with Crippen molar-refractivity contribution in [2.75, 3.05) is 6.61 Å². The summed E-state index contributed by atoms with van der Waals surface area (Å²) in [6.07, 6.45) is 3.02. The summed E-state index contributed by atoms with van der Waals surface area (Å²) >= 11 is 11.2. The molecule has 0 saturated carbocycles. The van der Waals surface area contributed by atoms with E-state index in [1.54, 1.807) is 11.8 Å². The Bertz CT molecular complexity index is 976. The van der Waals surface area contributed by atoms with E-state index in [4.69, 9.17) is 22.1 Å². The predicted octanol–water partition coefficient (Wildman–Crippen LogP) is 5.41. The molecule has 2 heterocycles. The van der Waals surface area contributed by atoms with E-state index >= 15 is 0 Å². The van der Waals surface area contributed by atoms with Gasteiger partial charge in [0.15, 0.2) is 11.0 Å². The van der Waals surface area contributed by atoms with Crippen molar-refractivity contribution in [2.45, 2.75) is 48.9 Å². The number of hydrogen-bond donors (Lipinski definition) is 1. The van der Waals surface area contributed by atoms with Gasteiger partial charge in [-0.25, -0.2) is 0 Å². The summed E-state index contributed by atoms with van der Waals surface area (Å²) in [6, 6.07) is 15.9. The van der Waals surface area contributed by atoms with Gasteiger partial charge in [0.1, 0.15) is 0 Å². The molecule has 1 saturated heterocycles. The van der Waals surface area contributed by atoms with Crippen LogP contribution in [-0.4, -0.2) is 27.5 Å². The molecule has 4 rings (SSSR count). The Labute approximate surface area is 194 Å². The summed E-state index contributed by atoms with van der Waals surface area (Å²) in [5.41, 5.74) is 8.92. The van der Waals surface area contributed by atoms with E-state index in [0.717, 1.165) is 57.8 Å². The second-order valence-corrected chi connectivity index (χ2v) is 9.74. The van der Waals surface area contributed by atoms with Crippen molar-refractivity contribution < 1.29 is 4.74 Å². The predicted molar refractivity (Wildman–Crippen MR) is 125 cm³/mol. The van der Waals surface area contributed by atoms with Crippen molar-refractivity contribution in [2.24, 2.45) is 5.73 Å². The van der Waals surface area contributed by atoms with Gasteiger partial charge in [-0.1, -0.05) is 63.6 Å². The zero-order valence-electron chi connectivity index (χ0n) is 16.5. The van der Waals surface area contributed by atoms with Crippen LogP contribution in [-0.2, 0) is 23.5 Å². The van der Waals surface area contributed by atoms with Gasteiger partial charge in [-0.05, 0) is 54.7 Å². The van der Waals surface area contributed by atoms with Crippen molar-refractivity contribution in [3.63, 3.8) is 0 Å². The van der Waals surface area contributed by atoms with E-state index in [-0.39, 0.29) is 12.1 Å². The number of aromatic nitrogens is 3. The molecule has 0 spiro atoms. The normalized spacial score (nSPS) is 17.4. The molecule has 1 aliphatic heterocycles. The number of ether oxygens (including phenoxy) is 1. The lowest BCUT2D eigenvalue weighted by Crippen LogP contribution is -2.23. The first-order chi connectivity index (χ1) is 14.6. The largest absolute Gasteiger partial charge is 0.376 e. The van der Waals surface area contributed by atoms with Crippen LogP contribution in [0.4, 0.5) is 0 Å². The Morgan fingerprint density at radius 1 is 1.20 bits per heavy atom. The number of nitrogens with zero attached hydrogens (tertiary/aromatic N) is 3. The Morgan fingerprint density at radius 2 is 2.03 bits per heavy atom. The summed E-state index contributed by atoms with van der Waals surface area (Å²) in [5, 5.41) is 10.6. The van der Waals surface area contributed by atoms with Crippen molar-refractivity contribution in [3.8, 4) is 0 Å². The monoisotopic (exact) mass is 506 g/mol. The van der Waals surface area contributed by atoms with Crippen LogP contribution in [0.3, 0.4) is 0 Å². The van der Waals surface area contributed by atoms with Crippen LogP contribution in [0.1, 0.15) is 35.8 Å². The second kappa shape index (κ2) is 10.3. The van der Waals surface area contributed by atoms with Crippen molar-refractivity contribution >= 4 is 39.3 Å². The molecular weight excluding hydrogens is 484 g/mol. The average Bonchev–Trinajstić information content (AvgIpc) is 3.39. The van der Waals surface area contributed by atoms with Crippen LogP contribution < -0.4 is 5.73 Å². The van der Waals surface area contributed by atoms with Gasteiger partial charge in [-0.2, -0.15) is 0 Å². The third kappa shape index (κ3) is 5.65. The van der Waals surface area contributed by atoms with Gasteiger partial charge >= 0.3 is 0 Å². The average molecular weight is 508 g/mol. The smallest absolute Gasteiger partial charge is 0.191 e. The molecule has 2 N–H and O–H groups in total. The third-order valence-corrected chi connectivity index (χ3v) is 6.90. The lowest BCUT2D eigenvalue weighted by Gasteiger charge is -2.18. The highest BCUT2D eigenvalue weighted by Crippen LogP contribution is 2.28. The Hall–Kier alpha value is -1.38. The lowest BCUT2D eigenvalue weighted by atomic mass is 10.1. The molecule has 0 amide bonds. The van der Waals surface area contributed by atoms with E-state index in [1.807, 2.05) is 36.4 Å². The molecular formula is C22H24BrClN4OS. The molecule has 3 aromatic rings. The lowest BCUT2D eigenvalue weighted by molar-refractivity contribution is 0.0938. The third-order valence-electron chi connectivity index (χ3n) is 5.11. The highest BCUT2D eigenvalue weighted by Gasteiger charge is 2.24. The summed E-state index contributed by atoms with van der Waals surface area (Å²) in [4.78, 5) is 0. The van der Waals surface area contributed by atoms with Crippen molar-refractivity contribution in [1.29, 1.82) is 0 Å². The van der Waals surface area contributed by atoms with Gasteiger partial charge in [-0.3, -0.25) is 0 Å². The second-order valence-electron chi connectivity index (χ2n) is 7.44. The molecule has 2 atom stereocenters. The van der Waals surface area contributed by atoms with Gasteiger partial charge in [0.05, 0.1) is 18.7 Å². The molecule has 0 aliphatic carbocycles. The molecule has 1 fully saturated rings. The fraction of sp³-hybridized carbons (Fsp3) is 0.364. The zero-order valence-corrected chi connectivity index (χ0v) is 19.7. The van der Waals surface area contributed by atoms with E-state index in [9.17, 15) is 0 Å². The van der Waals surface area contributed by atoms with E-state index in [2.05, 4.69) is 42.8 Å². The van der Waals surface area contributed by atoms with Gasteiger partial charge in [0.25, 0.3) is 0 Å². The first-order valence-electron chi connectivity index (χ1n) is 10.0. The maximum absolute atomic E-state index is 6.57. The standard InChI is InChI=1S/C22H24BrClN4OS/c23-17-4-1-3-16(11-17)14-30-22-27-26-21(28(22)13-19-5-2-10-29-19)20(25)12-15-6-8-18(24)9-7-15/h1,3-4,6-9,11,19-20H,2,5,10,12-14,25H2. The van der Waals surface area contributed by atoms with Gasteiger partial charge in [-0.15, -0.1) is 10.2 Å². The first kappa shape index (κ1) is 21.8. The van der Waals surface area contributed by atoms with Crippen molar-refractivity contribution in [3.05, 3.63) is 75.0 Å². The maximum atomic E-state index is 6.57. The Morgan fingerprint density at radius 3 is 2.77 bits per heavy atom. The van der Waals surface area contributed by atoms with E-state index < -0.39 is 0 Å². The Kier molecular flexibility index (Phi) is 7.49. The van der Waals surface area contributed by atoms with Crippen LogP contribution in [0.15, 0.2) is 58.2 Å². The van der Waals surface area contributed by atoms with Gasteiger partial charge < -0.3 is 15.0 Å². The zero-order chi connectivity index (χ0) is 20.9. The number of rotatable bonds is 8. The first-order valence-corrected chi connectivity index (χ1v) is 12.2. The minimum Gasteiger partial charge on any atom is -0.376 e. The number of thioether (sulfide) groups is 1. The van der Waals surface area contributed by atoms with E-state index in [1.165, 1.54) is 5.56 Å².